The van der Waals surface area contributed by atoms with Crippen LogP contribution in [-0.2, 0) is 12.4 Å². The quantitative estimate of drug-likeness (QED) is 0.337. The van der Waals surface area contributed by atoms with E-state index in [-0.39, 0.29) is 12.2 Å². The molecule has 0 amide bonds. The first kappa shape index (κ1) is 21.1. The summed E-state index contributed by atoms with van der Waals surface area (Å²) >= 11 is 1.42. The number of halogens is 1. The van der Waals surface area contributed by atoms with Crippen molar-refractivity contribution < 1.29 is 9.13 Å². The maximum absolute atomic E-state index is 13.9. The van der Waals surface area contributed by atoms with Crippen molar-refractivity contribution in [2.45, 2.75) is 12.4 Å². The molecule has 0 aromatic heterocycles. The van der Waals surface area contributed by atoms with Crippen LogP contribution in [0.25, 0.3) is 0 Å². The summed E-state index contributed by atoms with van der Waals surface area (Å²) in [4.78, 5) is 0. The fourth-order valence-corrected chi connectivity index (χ4v) is 3.07. The first-order valence-corrected chi connectivity index (χ1v) is 10.1. The highest BCUT2D eigenvalue weighted by atomic mass is 32.2. The van der Waals surface area contributed by atoms with Crippen molar-refractivity contribution in [1.82, 2.24) is 0 Å². The van der Waals surface area contributed by atoms with Gasteiger partial charge in [0.05, 0.1) is 17.8 Å². The number of ether oxygens (including phenoxy) is 1. The summed E-state index contributed by atoms with van der Waals surface area (Å²) in [6, 6.07) is 23.4. The third-order valence-corrected chi connectivity index (χ3v) is 4.90. The third-order valence-electron chi connectivity index (χ3n) is 4.05. The Kier molecular flexibility index (Phi) is 7.58. The van der Waals surface area contributed by atoms with E-state index in [1.165, 1.54) is 23.4 Å². The van der Waals surface area contributed by atoms with Gasteiger partial charge in [-0.2, -0.15) is 10.4 Å². The standard InChI is InChI=1S/C23H19FN4OS/c24-22-12-19(13-25)6-9-20(22)15-29-21-10-7-17(8-11-21)14-27-28-23(26)30-16-18-4-2-1-3-5-18/h1-12,14H,15-16H2,(H2,26,28). The molecule has 0 aliphatic heterocycles. The number of thioether (sulfide) groups is 1. The molecule has 0 saturated carbocycles. The number of nitrogens with two attached hydrogens (primary N) is 1. The molecule has 30 heavy (non-hydrogen) atoms. The van der Waals surface area contributed by atoms with Crippen molar-refractivity contribution in [3.8, 4) is 11.8 Å². The van der Waals surface area contributed by atoms with Crippen LogP contribution >= 0.6 is 11.8 Å². The average molecular weight is 418 g/mol. The van der Waals surface area contributed by atoms with E-state index in [9.17, 15) is 4.39 Å². The van der Waals surface area contributed by atoms with E-state index in [2.05, 4.69) is 10.2 Å². The van der Waals surface area contributed by atoms with Gasteiger partial charge in [-0.1, -0.05) is 48.2 Å². The molecule has 0 unspecified atom stereocenters. The van der Waals surface area contributed by atoms with Gasteiger partial charge in [0.1, 0.15) is 18.2 Å². The molecule has 150 valence electrons. The lowest BCUT2D eigenvalue weighted by molar-refractivity contribution is 0.300. The Labute approximate surface area is 178 Å². The predicted octanol–water partition coefficient (Wildman–Crippen LogP) is 4.86. The third kappa shape index (κ3) is 6.47. The van der Waals surface area contributed by atoms with Gasteiger partial charge in [-0.25, -0.2) is 4.39 Å². The average Bonchev–Trinajstić information content (AvgIpc) is 2.78. The number of rotatable bonds is 7. The molecule has 0 radical (unpaired) electrons. The second-order valence-corrected chi connectivity index (χ2v) is 7.23. The van der Waals surface area contributed by atoms with Gasteiger partial charge >= 0.3 is 0 Å². The van der Waals surface area contributed by atoms with Crippen LogP contribution in [0, 0.1) is 17.1 Å². The molecule has 3 aromatic rings. The summed E-state index contributed by atoms with van der Waals surface area (Å²) in [5.41, 5.74) is 8.53. The second-order valence-electron chi connectivity index (χ2n) is 6.23. The zero-order valence-electron chi connectivity index (χ0n) is 16.0. The number of amidine groups is 1. The van der Waals surface area contributed by atoms with Crippen molar-refractivity contribution in [3.05, 3.63) is 101 Å². The lowest BCUT2D eigenvalue weighted by Crippen LogP contribution is -2.06. The van der Waals surface area contributed by atoms with Gasteiger partial charge in [0.25, 0.3) is 0 Å². The molecule has 3 aromatic carbocycles. The zero-order chi connectivity index (χ0) is 21.2. The number of hydrogen-bond acceptors (Lipinski definition) is 5. The molecular formula is C23H19FN4OS. The van der Waals surface area contributed by atoms with Gasteiger partial charge in [0.2, 0.25) is 0 Å². The highest BCUT2D eigenvalue weighted by Gasteiger charge is 2.04. The molecular weight excluding hydrogens is 399 g/mol. The van der Waals surface area contributed by atoms with E-state index < -0.39 is 5.82 Å². The molecule has 0 fully saturated rings. The maximum Gasteiger partial charge on any atom is 0.180 e. The van der Waals surface area contributed by atoms with E-state index in [0.717, 1.165) is 11.3 Å². The van der Waals surface area contributed by atoms with E-state index in [0.29, 0.717) is 16.5 Å². The van der Waals surface area contributed by atoms with Crippen molar-refractivity contribution >= 4 is 23.1 Å². The van der Waals surface area contributed by atoms with Gasteiger partial charge < -0.3 is 10.5 Å². The molecule has 0 saturated heterocycles. The van der Waals surface area contributed by atoms with Crippen molar-refractivity contribution in [1.29, 1.82) is 5.26 Å². The fraction of sp³-hybridized carbons (Fsp3) is 0.0870. The fourth-order valence-electron chi connectivity index (χ4n) is 2.46. The maximum atomic E-state index is 13.9. The summed E-state index contributed by atoms with van der Waals surface area (Å²) in [7, 11) is 0. The van der Waals surface area contributed by atoms with Crippen LogP contribution in [0.5, 0.6) is 5.75 Å². The van der Waals surface area contributed by atoms with E-state index in [1.807, 2.05) is 48.5 Å². The first-order valence-electron chi connectivity index (χ1n) is 9.08. The lowest BCUT2D eigenvalue weighted by Gasteiger charge is -2.07. The number of nitrogens with zero attached hydrogens (tertiary/aromatic N) is 3. The van der Waals surface area contributed by atoms with Crippen LogP contribution in [0.2, 0.25) is 0 Å². The second kappa shape index (κ2) is 10.8. The minimum atomic E-state index is -0.460. The topological polar surface area (TPSA) is 83.8 Å². The van der Waals surface area contributed by atoms with E-state index >= 15 is 0 Å². The van der Waals surface area contributed by atoms with Gasteiger partial charge in [0, 0.05) is 11.3 Å². The molecule has 0 heterocycles. The van der Waals surface area contributed by atoms with Crippen LogP contribution in [-0.4, -0.2) is 11.4 Å². The molecule has 2 N–H and O–H groups in total. The monoisotopic (exact) mass is 418 g/mol. The number of nitriles is 1. The van der Waals surface area contributed by atoms with Crippen LogP contribution in [0.15, 0.2) is 83.0 Å². The SMILES string of the molecule is N#Cc1ccc(COc2ccc(C=NN=C(N)SCc3ccccc3)cc2)c(F)c1. The van der Waals surface area contributed by atoms with Crippen molar-refractivity contribution in [3.63, 3.8) is 0 Å². The van der Waals surface area contributed by atoms with Crippen LogP contribution in [0.3, 0.4) is 0 Å². The number of benzene rings is 3. The summed E-state index contributed by atoms with van der Waals surface area (Å²) in [5, 5.41) is 17.2. The Morgan fingerprint density at radius 1 is 1.10 bits per heavy atom. The summed E-state index contributed by atoms with van der Waals surface area (Å²) < 4.78 is 19.5. The Hall–Kier alpha value is -3.63. The van der Waals surface area contributed by atoms with Gasteiger partial charge in [-0.15, -0.1) is 5.10 Å². The summed E-state index contributed by atoms with van der Waals surface area (Å²) in [6.07, 6.45) is 1.60. The molecule has 0 atom stereocenters. The molecule has 0 aliphatic carbocycles. The van der Waals surface area contributed by atoms with Crippen LogP contribution in [0.4, 0.5) is 4.39 Å². The van der Waals surface area contributed by atoms with E-state index in [4.69, 9.17) is 15.7 Å². The molecule has 0 spiro atoms. The van der Waals surface area contributed by atoms with Crippen LogP contribution in [0.1, 0.15) is 22.3 Å². The Bertz CT molecular complexity index is 1080. The van der Waals surface area contributed by atoms with Crippen LogP contribution < -0.4 is 10.5 Å². The smallest absolute Gasteiger partial charge is 0.180 e. The molecule has 7 heteroatoms. The normalized spacial score (nSPS) is 11.4. The molecule has 0 aliphatic rings. The van der Waals surface area contributed by atoms with Crippen molar-refractivity contribution in [2.24, 2.45) is 15.9 Å². The first-order chi connectivity index (χ1) is 14.6. The minimum absolute atomic E-state index is 0.0739. The van der Waals surface area contributed by atoms with Gasteiger partial charge in [-0.05, 0) is 47.5 Å². The Morgan fingerprint density at radius 3 is 2.57 bits per heavy atom. The van der Waals surface area contributed by atoms with Gasteiger partial charge in [0.15, 0.2) is 5.17 Å². The van der Waals surface area contributed by atoms with Gasteiger partial charge in [-0.3, -0.25) is 0 Å². The summed E-state index contributed by atoms with van der Waals surface area (Å²) in [5.74, 6) is 0.869. The highest BCUT2D eigenvalue weighted by Crippen LogP contribution is 2.16. The molecule has 0 bridgehead atoms. The Morgan fingerprint density at radius 2 is 1.87 bits per heavy atom. The van der Waals surface area contributed by atoms with Crippen molar-refractivity contribution in [2.75, 3.05) is 0 Å². The largest absolute Gasteiger partial charge is 0.489 e. The summed E-state index contributed by atoms with van der Waals surface area (Å²) in [6.45, 7) is 0.0739. The minimum Gasteiger partial charge on any atom is -0.489 e. The zero-order valence-corrected chi connectivity index (χ0v) is 16.8. The predicted molar refractivity (Wildman–Crippen MR) is 119 cm³/mol. The highest BCUT2D eigenvalue weighted by molar-refractivity contribution is 8.13. The number of hydrogen-bond donors (Lipinski definition) is 1. The molecule has 5 nitrogen and oxygen atoms in total. The molecule has 3 rings (SSSR count). The Balaban J connectivity index is 1.49. The lowest BCUT2D eigenvalue weighted by atomic mass is 10.1. The van der Waals surface area contributed by atoms with E-state index in [1.54, 1.807) is 30.5 Å².